The highest BCUT2D eigenvalue weighted by atomic mass is 32.2. The number of aryl methyl sites for hydroxylation is 1. The summed E-state index contributed by atoms with van der Waals surface area (Å²) < 4.78 is 0. The molecular weight excluding hydrogens is 222 g/mol. The van der Waals surface area contributed by atoms with E-state index in [1.54, 1.807) is 0 Å². The molecule has 0 amide bonds. The minimum Gasteiger partial charge on any atom is -0.308 e. The number of hydrogen-bond acceptors (Lipinski definition) is 3. The van der Waals surface area contributed by atoms with Crippen LogP contribution >= 0.6 is 23.1 Å². The van der Waals surface area contributed by atoms with Gasteiger partial charge in [-0.15, -0.1) is 11.3 Å². The lowest BCUT2D eigenvalue weighted by atomic mass is 10.2. The van der Waals surface area contributed by atoms with Gasteiger partial charge in [-0.2, -0.15) is 11.8 Å². The first-order chi connectivity index (χ1) is 7.27. The summed E-state index contributed by atoms with van der Waals surface area (Å²) in [6, 6.07) is 2.73. The summed E-state index contributed by atoms with van der Waals surface area (Å²) in [6.07, 6.45) is 2.80. The maximum absolute atomic E-state index is 3.66. The summed E-state index contributed by atoms with van der Waals surface area (Å²) >= 11 is 4.00. The highest BCUT2D eigenvalue weighted by molar-refractivity contribution is 8.00. The van der Waals surface area contributed by atoms with Crippen LogP contribution in [0.1, 0.15) is 36.2 Å². The fourth-order valence-corrected chi connectivity index (χ4v) is 4.21. The topological polar surface area (TPSA) is 12.0 Å². The van der Waals surface area contributed by atoms with Crippen LogP contribution in [0.25, 0.3) is 0 Å². The molecule has 1 fully saturated rings. The molecule has 3 heteroatoms. The van der Waals surface area contributed by atoms with Crippen LogP contribution in [0.15, 0.2) is 11.4 Å². The van der Waals surface area contributed by atoms with E-state index in [2.05, 4.69) is 42.4 Å². The zero-order valence-electron chi connectivity index (χ0n) is 9.45. The van der Waals surface area contributed by atoms with Crippen LogP contribution in [0.3, 0.4) is 0 Å². The molecule has 0 saturated carbocycles. The molecule has 0 spiro atoms. The molecule has 2 unspecified atom stereocenters. The second kappa shape index (κ2) is 5.37. The predicted molar refractivity (Wildman–Crippen MR) is 71.0 cm³/mol. The van der Waals surface area contributed by atoms with Crippen molar-refractivity contribution in [2.45, 2.75) is 38.0 Å². The van der Waals surface area contributed by atoms with Crippen LogP contribution in [0, 0.1) is 6.92 Å². The molecule has 1 N–H and O–H groups in total. The van der Waals surface area contributed by atoms with Crippen molar-refractivity contribution in [1.82, 2.24) is 5.32 Å². The second-order valence-electron chi connectivity index (χ2n) is 4.23. The zero-order valence-corrected chi connectivity index (χ0v) is 11.1. The monoisotopic (exact) mass is 241 g/mol. The quantitative estimate of drug-likeness (QED) is 0.864. The fraction of sp³-hybridized carbons (Fsp3) is 0.667. The van der Waals surface area contributed by atoms with E-state index < -0.39 is 0 Å². The number of hydrogen-bond donors (Lipinski definition) is 1. The van der Waals surface area contributed by atoms with Gasteiger partial charge >= 0.3 is 0 Å². The lowest BCUT2D eigenvalue weighted by molar-refractivity contribution is 0.564. The minimum absolute atomic E-state index is 0.520. The molecule has 0 aromatic carbocycles. The van der Waals surface area contributed by atoms with Crippen LogP contribution in [-0.2, 0) is 0 Å². The molecule has 1 aromatic rings. The smallest absolute Gasteiger partial charge is 0.0389 e. The Morgan fingerprint density at radius 1 is 1.60 bits per heavy atom. The van der Waals surface area contributed by atoms with Crippen molar-refractivity contribution in [3.05, 3.63) is 21.9 Å². The molecule has 15 heavy (non-hydrogen) atoms. The summed E-state index contributed by atoms with van der Waals surface area (Å²) in [7, 11) is 0. The average Bonchev–Trinajstić information content (AvgIpc) is 2.84. The highest BCUT2D eigenvalue weighted by Crippen LogP contribution is 2.27. The Morgan fingerprint density at radius 3 is 3.07 bits per heavy atom. The van der Waals surface area contributed by atoms with Crippen LogP contribution in [0.4, 0.5) is 0 Å². The van der Waals surface area contributed by atoms with Gasteiger partial charge in [-0.3, -0.25) is 0 Å². The van der Waals surface area contributed by atoms with E-state index in [-0.39, 0.29) is 0 Å². The highest BCUT2D eigenvalue weighted by Gasteiger charge is 2.17. The van der Waals surface area contributed by atoms with Gasteiger partial charge in [0.2, 0.25) is 0 Å². The van der Waals surface area contributed by atoms with Crippen LogP contribution in [-0.4, -0.2) is 17.5 Å². The van der Waals surface area contributed by atoms with Crippen molar-refractivity contribution in [3.8, 4) is 0 Å². The predicted octanol–water partition coefficient (Wildman–Crippen LogP) is 3.60. The van der Waals surface area contributed by atoms with E-state index in [1.807, 2.05) is 11.3 Å². The lowest BCUT2D eigenvalue weighted by Crippen LogP contribution is -2.25. The van der Waals surface area contributed by atoms with E-state index in [0.717, 1.165) is 5.25 Å². The van der Waals surface area contributed by atoms with Gasteiger partial charge in [0.05, 0.1) is 0 Å². The van der Waals surface area contributed by atoms with Crippen molar-refractivity contribution >= 4 is 23.1 Å². The number of thioether (sulfide) groups is 1. The molecular formula is C12H19NS2. The second-order valence-corrected chi connectivity index (χ2v) is 6.59. The number of rotatable bonds is 4. The Morgan fingerprint density at radius 2 is 2.47 bits per heavy atom. The summed E-state index contributed by atoms with van der Waals surface area (Å²) in [6.45, 7) is 5.65. The Balaban J connectivity index is 1.81. The van der Waals surface area contributed by atoms with Gasteiger partial charge in [0.25, 0.3) is 0 Å². The lowest BCUT2D eigenvalue weighted by Gasteiger charge is -2.16. The fourth-order valence-electron chi connectivity index (χ4n) is 2.03. The molecule has 1 saturated heterocycles. The minimum atomic E-state index is 0.520. The first-order valence-electron chi connectivity index (χ1n) is 5.66. The molecule has 1 aliphatic rings. The van der Waals surface area contributed by atoms with E-state index in [4.69, 9.17) is 0 Å². The van der Waals surface area contributed by atoms with Gasteiger partial charge in [-0.25, -0.2) is 0 Å². The molecule has 84 valence electrons. The van der Waals surface area contributed by atoms with Gasteiger partial charge in [0, 0.05) is 22.7 Å². The molecule has 1 aromatic heterocycles. The van der Waals surface area contributed by atoms with Gasteiger partial charge < -0.3 is 5.32 Å². The van der Waals surface area contributed by atoms with Gasteiger partial charge in [0.15, 0.2) is 0 Å². The normalized spacial score (nSPS) is 23.2. The third-order valence-corrected chi connectivity index (χ3v) is 5.57. The maximum Gasteiger partial charge on any atom is 0.0389 e. The van der Waals surface area contributed by atoms with Crippen LogP contribution < -0.4 is 5.32 Å². The third kappa shape index (κ3) is 2.99. The van der Waals surface area contributed by atoms with Crippen molar-refractivity contribution in [1.29, 1.82) is 0 Å². The molecule has 2 atom stereocenters. The van der Waals surface area contributed by atoms with Crippen molar-refractivity contribution in [3.63, 3.8) is 0 Å². The Hall–Kier alpha value is 0.01000. The first kappa shape index (κ1) is 11.5. The molecule has 2 heterocycles. The molecule has 0 bridgehead atoms. The van der Waals surface area contributed by atoms with Crippen molar-refractivity contribution in [2.24, 2.45) is 0 Å². The average molecular weight is 241 g/mol. The van der Waals surface area contributed by atoms with Gasteiger partial charge in [-0.1, -0.05) is 0 Å². The van der Waals surface area contributed by atoms with Crippen molar-refractivity contribution in [2.75, 3.05) is 12.3 Å². The maximum atomic E-state index is 3.66. The SMILES string of the molecule is Cc1ccsc1C(C)NCC1CCCS1. The summed E-state index contributed by atoms with van der Waals surface area (Å²) in [5.74, 6) is 1.36. The standard InChI is InChI=1S/C12H19NS2/c1-9-5-7-15-12(9)10(2)13-8-11-4-3-6-14-11/h5,7,10-11,13H,3-4,6,8H2,1-2H3. The Labute approximate surface area is 101 Å². The number of thiophene rings is 1. The largest absolute Gasteiger partial charge is 0.308 e. The summed E-state index contributed by atoms with van der Waals surface area (Å²) in [4.78, 5) is 1.50. The van der Waals surface area contributed by atoms with Crippen molar-refractivity contribution < 1.29 is 0 Å². The Kier molecular flexibility index (Phi) is 4.12. The number of nitrogens with one attached hydrogen (secondary N) is 1. The third-order valence-electron chi connectivity index (χ3n) is 2.97. The molecule has 2 rings (SSSR count). The first-order valence-corrected chi connectivity index (χ1v) is 7.59. The zero-order chi connectivity index (χ0) is 10.7. The molecule has 0 radical (unpaired) electrons. The van der Waals surface area contributed by atoms with E-state index in [1.165, 1.54) is 35.6 Å². The van der Waals surface area contributed by atoms with Gasteiger partial charge in [-0.05, 0) is 49.5 Å². The van der Waals surface area contributed by atoms with Crippen LogP contribution in [0.5, 0.6) is 0 Å². The molecule has 1 nitrogen and oxygen atoms in total. The van der Waals surface area contributed by atoms with E-state index in [0.29, 0.717) is 6.04 Å². The van der Waals surface area contributed by atoms with E-state index >= 15 is 0 Å². The Bertz CT molecular complexity index is 302. The summed E-state index contributed by atoms with van der Waals surface area (Å²) in [5.41, 5.74) is 1.43. The van der Waals surface area contributed by atoms with E-state index in [9.17, 15) is 0 Å². The summed E-state index contributed by atoms with van der Waals surface area (Å²) in [5, 5.41) is 6.70. The van der Waals surface area contributed by atoms with Gasteiger partial charge in [0.1, 0.15) is 0 Å². The van der Waals surface area contributed by atoms with Crippen LogP contribution in [0.2, 0.25) is 0 Å². The molecule has 0 aliphatic carbocycles. The molecule has 1 aliphatic heterocycles.